The molecule has 0 aliphatic carbocycles. The summed E-state index contributed by atoms with van der Waals surface area (Å²) in [6, 6.07) is 2.40. The lowest BCUT2D eigenvalue weighted by Crippen LogP contribution is -2.42. The lowest BCUT2D eigenvalue weighted by molar-refractivity contribution is 0.0691. The van der Waals surface area contributed by atoms with Crippen molar-refractivity contribution in [3.8, 4) is 0 Å². The van der Waals surface area contributed by atoms with Crippen LogP contribution in [0.3, 0.4) is 0 Å². The summed E-state index contributed by atoms with van der Waals surface area (Å²) in [5.41, 5.74) is 3.15. The van der Waals surface area contributed by atoms with Crippen LogP contribution >= 0.6 is 12.4 Å². The molecule has 4 nitrogen and oxygen atoms in total. The minimum absolute atomic E-state index is 0. The number of carbonyl (C=O) groups excluding carboxylic acids is 1. The predicted octanol–water partition coefficient (Wildman–Crippen LogP) is 2.76. The van der Waals surface area contributed by atoms with E-state index in [0.717, 1.165) is 50.3 Å². The third-order valence-corrected chi connectivity index (χ3v) is 4.32. The van der Waals surface area contributed by atoms with Gasteiger partial charge in [-0.2, -0.15) is 0 Å². The number of carbonyl (C=O) groups is 1. The van der Waals surface area contributed by atoms with E-state index in [9.17, 15) is 4.79 Å². The lowest BCUT2D eigenvalue weighted by atomic mass is 10.1. The van der Waals surface area contributed by atoms with E-state index in [1.807, 2.05) is 6.07 Å². The quantitative estimate of drug-likeness (QED) is 0.907. The van der Waals surface area contributed by atoms with Gasteiger partial charge in [-0.15, -0.1) is 12.4 Å². The van der Waals surface area contributed by atoms with Crippen LogP contribution in [-0.4, -0.2) is 41.1 Å². The first-order valence-electron chi connectivity index (χ1n) is 7.78. The summed E-state index contributed by atoms with van der Waals surface area (Å²) >= 11 is 0. The number of amides is 1. The summed E-state index contributed by atoms with van der Waals surface area (Å²) in [5.74, 6) is 0.202. The fourth-order valence-electron chi connectivity index (χ4n) is 3.26. The van der Waals surface area contributed by atoms with Crippen LogP contribution in [0.25, 0.3) is 0 Å². The highest BCUT2D eigenvalue weighted by atomic mass is 35.5. The van der Waals surface area contributed by atoms with Crippen LogP contribution < -0.4 is 5.32 Å². The SMILES string of the molecule is CCCN(C(=O)c1cc(C)n(CC)c1C)C1CCNC1.Cl. The molecule has 0 bridgehead atoms. The number of aryl methyl sites for hydroxylation is 1. The molecule has 0 radical (unpaired) electrons. The zero-order valence-electron chi connectivity index (χ0n) is 13.6. The molecule has 1 aliphatic rings. The van der Waals surface area contributed by atoms with Gasteiger partial charge in [-0.3, -0.25) is 4.79 Å². The topological polar surface area (TPSA) is 37.3 Å². The van der Waals surface area contributed by atoms with Crippen LogP contribution in [0.2, 0.25) is 0 Å². The Balaban J connectivity index is 0.00000220. The first-order chi connectivity index (χ1) is 9.60. The van der Waals surface area contributed by atoms with Gasteiger partial charge in [0.25, 0.3) is 5.91 Å². The Morgan fingerprint density at radius 3 is 2.62 bits per heavy atom. The lowest BCUT2D eigenvalue weighted by Gasteiger charge is -2.28. The third-order valence-electron chi connectivity index (χ3n) is 4.32. The summed E-state index contributed by atoms with van der Waals surface area (Å²) in [6.45, 7) is 12.1. The van der Waals surface area contributed by atoms with Crippen molar-refractivity contribution in [2.24, 2.45) is 0 Å². The van der Waals surface area contributed by atoms with Crippen molar-refractivity contribution in [2.45, 2.75) is 53.1 Å². The highest BCUT2D eigenvalue weighted by molar-refractivity contribution is 5.96. The molecular formula is C16H28ClN3O. The van der Waals surface area contributed by atoms with Crippen molar-refractivity contribution in [1.29, 1.82) is 0 Å². The van der Waals surface area contributed by atoms with Gasteiger partial charge in [0.15, 0.2) is 0 Å². The van der Waals surface area contributed by atoms with Crippen molar-refractivity contribution in [3.63, 3.8) is 0 Å². The molecular weight excluding hydrogens is 286 g/mol. The number of halogens is 1. The monoisotopic (exact) mass is 313 g/mol. The van der Waals surface area contributed by atoms with Crippen molar-refractivity contribution >= 4 is 18.3 Å². The van der Waals surface area contributed by atoms with Gasteiger partial charge in [0.2, 0.25) is 0 Å². The second-order valence-electron chi connectivity index (χ2n) is 5.67. The maximum atomic E-state index is 12.9. The summed E-state index contributed by atoms with van der Waals surface area (Å²) in [5, 5.41) is 3.36. The summed E-state index contributed by atoms with van der Waals surface area (Å²) in [7, 11) is 0. The number of hydrogen-bond acceptors (Lipinski definition) is 2. The van der Waals surface area contributed by atoms with Crippen molar-refractivity contribution in [3.05, 3.63) is 23.0 Å². The molecule has 1 amide bonds. The van der Waals surface area contributed by atoms with Gasteiger partial charge in [0.05, 0.1) is 5.56 Å². The summed E-state index contributed by atoms with van der Waals surface area (Å²) in [6.07, 6.45) is 2.08. The Bertz CT molecular complexity index is 478. The molecule has 1 aromatic heterocycles. The standard InChI is InChI=1S/C16H27N3O.ClH/c1-5-9-19(14-7-8-17-11-14)16(20)15-10-12(3)18(6-2)13(15)4;/h10,14,17H,5-9,11H2,1-4H3;1H. The fraction of sp³-hybridized carbons (Fsp3) is 0.688. The largest absolute Gasteiger partial charge is 0.349 e. The van der Waals surface area contributed by atoms with Crippen LogP contribution in [0, 0.1) is 13.8 Å². The Morgan fingerprint density at radius 2 is 2.14 bits per heavy atom. The molecule has 1 aromatic rings. The van der Waals surface area contributed by atoms with E-state index in [0.29, 0.717) is 6.04 Å². The molecule has 120 valence electrons. The smallest absolute Gasteiger partial charge is 0.255 e. The Hall–Kier alpha value is -1.00. The molecule has 1 unspecified atom stereocenters. The molecule has 0 aromatic carbocycles. The van der Waals surface area contributed by atoms with Crippen LogP contribution in [-0.2, 0) is 6.54 Å². The van der Waals surface area contributed by atoms with E-state index < -0.39 is 0 Å². The first-order valence-corrected chi connectivity index (χ1v) is 7.78. The van der Waals surface area contributed by atoms with Gasteiger partial charge in [0, 0.05) is 37.1 Å². The second kappa shape index (κ2) is 7.85. The van der Waals surface area contributed by atoms with Crippen LogP contribution in [0.4, 0.5) is 0 Å². The molecule has 21 heavy (non-hydrogen) atoms. The number of rotatable bonds is 5. The molecule has 0 spiro atoms. The van der Waals surface area contributed by atoms with Gasteiger partial charge >= 0.3 is 0 Å². The van der Waals surface area contributed by atoms with Gasteiger partial charge in [-0.25, -0.2) is 0 Å². The van der Waals surface area contributed by atoms with Gasteiger partial charge in [-0.1, -0.05) is 6.92 Å². The second-order valence-corrected chi connectivity index (χ2v) is 5.67. The molecule has 1 saturated heterocycles. The normalized spacial score (nSPS) is 17.6. The zero-order chi connectivity index (χ0) is 14.7. The predicted molar refractivity (Wildman–Crippen MR) is 89.4 cm³/mol. The summed E-state index contributed by atoms with van der Waals surface area (Å²) < 4.78 is 2.21. The van der Waals surface area contributed by atoms with Gasteiger partial charge < -0.3 is 14.8 Å². The Morgan fingerprint density at radius 1 is 1.43 bits per heavy atom. The first kappa shape index (κ1) is 18.1. The number of nitrogens with zero attached hydrogens (tertiary/aromatic N) is 2. The number of nitrogens with one attached hydrogen (secondary N) is 1. The van der Waals surface area contributed by atoms with Gasteiger partial charge in [-0.05, 0) is 46.2 Å². The van der Waals surface area contributed by atoms with E-state index in [-0.39, 0.29) is 18.3 Å². The minimum atomic E-state index is 0. The molecule has 1 atom stereocenters. The van der Waals surface area contributed by atoms with Crippen molar-refractivity contribution in [2.75, 3.05) is 19.6 Å². The fourth-order valence-corrected chi connectivity index (χ4v) is 3.26. The molecule has 2 heterocycles. The molecule has 5 heteroatoms. The summed E-state index contributed by atoms with van der Waals surface area (Å²) in [4.78, 5) is 15.0. The van der Waals surface area contributed by atoms with E-state index in [2.05, 4.69) is 42.5 Å². The third kappa shape index (κ3) is 3.61. The molecule has 1 aliphatic heterocycles. The average molecular weight is 314 g/mol. The Kier molecular flexibility index (Phi) is 6.75. The van der Waals surface area contributed by atoms with E-state index in [1.54, 1.807) is 0 Å². The molecule has 2 rings (SSSR count). The maximum Gasteiger partial charge on any atom is 0.255 e. The van der Waals surface area contributed by atoms with Crippen molar-refractivity contribution < 1.29 is 4.79 Å². The molecule has 0 saturated carbocycles. The highest BCUT2D eigenvalue weighted by Crippen LogP contribution is 2.20. The van der Waals surface area contributed by atoms with Crippen molar-refractivity contribution in [1.82, 2.24) is 14.8 Å². The van der Waals surface area contributed by atoms with Crippen LogP contribution in [0.5, 0.6) is 0 Å². The van der Waals surface area contributed by atoms with E-state index >= 15 is 0 Å². The highest BCUT2D eigenvalue weighted by Gasteiger charge is 2.28. The van der Waals surface area contributed by atoms with Crippen LogP contribution in [0.1, 0.15) is 48.4 Å². The average Bonchev–Trinajstić information content (AvgIpc) is 3.04. The van der Waals surface area contributed by atoms with Gasteiger partial charge in [0.1, 0.15) is 0 Å². The number of hydrogen-bond donors (Lipinski definition) is 1. The molecule has 1 N–H and O–H groups in total. The van der Waals surface area contributed by atoms with Crippen LogP contribution in [0.15, 0.2) is 6.07 Å². The molecule has 1 fully saturated rings. The maximum absolute atomic E-state index is 12.9. The Labute approximate surface area is 134 Å². The number of aromatic nitrogens is 1. The van der Waals surface area contributed by atoms with E-state index in [4.69, 9.17) is 0 Å². The minimum Gasteiger partial charge on any atom is -0.349 e. The zero-order valence-corrected chi connectivity index (χ0v) is 14.4. The van der Waals surface area contributed by atoms with E-state index in [1.165, 1.54) is 5.69 Å².